The first-order valence-corrected chi connectivity index (χ1v) is 5.61. The van der Waals surface area contributed by atoms with Crippen molar-refractivity contribution in [3.63, 3.8) is 0 Å². The van der Waals surface area contributed by atoms with Crippen molar-refractivity contribution < 1.29 is 9.53 Å². The van der Waals surface area contributed by atoms with Gasteiger partial charge in [0.1, 0.15) is 0 Å². The van der Waals surface area contributed by atoms with Gasteiger partial charge in [0.15, 0.2) is 0 Å². The fourth-order valence-electron chi connectivity index (χ4n) is 1.67. The molecule has 1 aromatic rings. The number of thioether (sulfide) groups is 1. The molecule has 0 aliphatic carbocycles. The maximum absolute atomic E-state index is 11.4. The second kappa shape index (κ2) is 4.10. The van der Waals surface area contributed by atoms with Crippen LogP contribution in [0, 0.1) is 5.92 Å². The average Bonchev–Trinajstić information content (AvgIpc) is 2.85. The SMILES string of the molecule is COC(=O)C1=CSC(c2cn[nH]c2)C1C. The second-order valence-electron chi connectivity index (χ2n) is 3.44. The Labute approximate surface area is 92.1 Å². The Kier molecular flexibility index (Phi) is 2.81. The Bertz CT molecular complexity index is 386. The summed E-state index contributed by atoms with van der Waals surface area (Å²) in [6.45, 7) is 2.03. The zero-order valence-corrected chi connectivity index (χ0v) is 9.38. The van der Waals surface area contributed by atoms with Crippen LogP contribution in [-0.4, -0.2) is 23.3 Å². The third kappa shape index (κ3) is 1.79. The molecule has 1 aliphatic rings. The third-order valence-corrected chi connectivity index (χ3v) is 3.92. The molecule has 2 atom stereocenters. The summed E-state index contributed by atoms with van der Waals surface area (Å²) in [5.41, 5.74) is 1.86. The summed E-state index contributed by atoms with van der Waals surface area (Å²) in [5.74, 6) is -0.0685. The molecule has 0 aromatic carbocycles. The Morgan fingerprint density at radius 1 is 1.67 bits per heavy atom. The predicted octanol–water partition coefficient (Wildman–Crippen LogP) is 1.89. The van der Waals surface area contributed by atoms with E-state index >= 15 is 0 Å². The van der Waals surface area contributed by atoms with Crippen LogP contribution in [0.3, 0.4) is 0 Å². The zero-order chi connectivity index (χ0) is 10.8. The smallest absolute Gasteiger partial charge is 0.334 e. The van der Waals surface area contributed by atoms with Crippen molar-refractivity contribution in [2.45, 2.75) is 12.2 Å². The standard InChI is InChI=1S/C10H12N2O2S/c1-6-8(10(13)14-2)5-15-9(6)7-3-11-12-4-7/h3-6,9H,1-2H3,(H,11,12). The van der Waals surface area contributed by atoms with E-state index in [1.54, 1.807) is 18.0 Å². The van der Waals surface area contributed by atoms with Crippen molar-refractivity contribution in [3.05, 3.63) is 28.9 Å². The summed E-state index contributed by atoms with van der Waals surface area (Å²) in [6.07, 6.45) is 3.66. The van der Waals surface area contributed by atoms with Gasteiger partial charge < -0.3 is 4.74 Å². The first-order chi connectivity index (χ1) is 7.24. The van der Waals surface area contributed by atoms with Gasteiger partial charge in [0.2, 0.25) is 0 Å². The number of aromatic amines is 1. The minimum Gasteiger partial charge on any atom is -0.466 e. The van der Waals surface area contributed by atoms with Gasteiger partial charge in [-0.05, 0) is 5.41 Å². The number of rotatable bonds is 2. The molecular weight excluding hydrogens is 212 g/mol. The molecule has 1 N–H and O–H groups in total. The fraction of sp³-hybridized carbons (Fsp3) is 0.400. The lowest BCUT2D eigenvalue weighted by molar-refractivity contribution is -0.136. The maximum atomic E-state index is 11.4. The van der Waals surface area contributed by atoms with Crippen LogP contribution >= 0.6 is 11.8 Å². The Balaban J connectivity index is 2.15. The van der Waals surface area contributed by atoms with E-state index in [-0.39, 0.29) is 17.1 Å². The van der Waals surface area contributed by atoms with Gasteiger partial charge in [0, 0.05) is 28.5 Å². The number of nitrogens with one attached hydrogen (secondary N) is 1. The lowest BCUT2D eigenvalue weighted by Crippen LogP contribution is -2.12. The molecule has 2 unspecified atom stereocenters. The number of methoxy groups -OCH3 is 1. The van der Waals surface area contributed by atoms with Gasteiger partial charge in [-0.2, -0.15) is 5.10 Å². The van der Waals surface area contributed by atoms with E-state index in [9.17, 15) is 4.79 Å². The molecule has 0 saturated heterocycles. The van der Waals surface area contributed by atoms with E-state index in [1.807, 2.05) is 18.5 Å². The molecule has 0 spiro atoms. The first kappa shape index (κ1) is 10.3. The Hall–Kier alpha value is -1.23. The predicted molar refractivity (Wildman–Crippen MR) is 58.2 cm³/mol. The topological polar surface area (TPSA) is 55.0 Å². The van der Waals surface area contributed by atoms with Crippen molar-refractivity contribution in [2.24, 2.45) is 5.92 Å². The highest BCUT2D eigenvalue weighted by Crippen LogP contribution is 2.46. The highest BCUT2D eigenvalue weighted by molar-refractivity contribution is 8.02. The lowest BCUT2D eigenvalue weighted by atomic mass is 9.96. The van der Waals surface area contributed by atoms with Crippen LogP contribution < -0.4 is 0 Å². The second-order valence-corrected chi connectivity index (χ2v) is 4.46. The highest BCUT2D eigenvalue weighted by atomic mass is 32.2. The van der Waals surface area contributed by atoms with Gasteiger partial charge in [0.25, 0.3) is 0 Å². The third-order valence-electron chi connectivity index (χ3n) is 2.56. The number of hydrogen-bond donors (Lipinski definition) is 1. The molecule has 0 fully saturated rings. The summed E-state index contributed by atoms with van der Waals surface area (Å²) in [7, 11) is 1.41. The van der Waals surface area contributed by atoms with Gasteiger partial charge in [-0.15, -0.1) is 11.8 Å². The highest BCUT2D eigenvalue weighted by Gasteiger charge is 2.32. The molecule has 1 aromatic heterocycles. The number of hydrogen-bond acceptors (Lipinski definition) is 4. The zero-order valence-electron chi connectivity index (χ0n) is 8.56. The van der Waals surface area contributed by atoms with Crippen LogP contribution in [-0.2, 0) is 9.53 Å². The molecule has 0 bridgehead atoms. The minimum atomic E-state index is -0.235. The maximum Gasteiger partial charge on any atom is 0.334 e. The van der Waals surface area contributed by atoms with Gasteiger partial charge in [-0.25, -0.2) is 4.79 Å². The van der Waals surface area contributed by atoms with Gasteiger partial charge in [-0.1, -0.05) is 6.92 Å². The number of H-pyrrole nitrogens is 1. The molecular formula is C10H12N2O2S. The van der Waals surface area contributed by atoms with E-state index in [1.165, 1.54) is 7.11 Å². The molecule has 2 heterocycles. The van der Waals surface area contributed by atoms with Gasteiger partial charge in [-0.3, -0.25) is 5.10 Å². The molecule has 0 amide bonds. The Morgan fingerprint density at radius 3 is 3.07 bits per heavy atom. The summed E-state index contributed by atoms with van der Waals surface area (Å²) >= 11 is 1.64. The quantitative estimate of drug-likeness (QED) is 0.779. The van der Waals surface area contributed by atoms with Gasteiger partial charge in [0.05, 0.1) is 13.3 Å². The molecule has 0 saturated carbocycles. The van der Waals surface area contributed by atoms with E-state index in [4.69, 9.17) is 4.74 Å². The summed E-state index contributed by atoms with van der Waals surface area (Å²) in [5, 5.41) is 8.84. The molecule has 2 rings (SSSR count). The van der Waals surface area contributed by atoms with Crippen molar-refractivity contribution in [3.8, 4) is 0 Å². The molecule has 80 valence electrons. The first-order valence-electron chi connectivity index (χ1n) is 4.66. The summed E-state index contributed by atoms with van der Waals surface area (Å²) in [4.78, 5) is 11.4. The normalized spacial score (nSPS) is 25.1. The van der Waals surface area contributed by atoms with Crippen LogP contribution in [0.1, 0.15) is 17.7 Å². The average molecular weight is 224 g/mol. The molecule has 1 aliphatic heterocycles. The molecule has 5 heteroatoms. The fourth-order valence-corrected chi connectivity index (χ4v) is 2.94. The van der Waals surface area contributed by atoms with Crippen LogP contribution in [0.4, 0.5) is 0 Å². The van der Waals surface area contributed by atoms with Crippen LogP contribution in [0.2, 0.25) is 0 Å². The summed E-state index contributed by atoms with van der Waals surface area (Å²) in [6, 6.07) is 0. The van der Waals surface area contributed by atoms with Gasteiger partial charge >= 0.3 is 5.97 Å². The molecule has 0 radical (unpaired) electrons. The van der Waals surface area contributed by atoms with Crippen molar-refractivity contribution in [1.29, 1.82) is 0 Å². The van der Waals surface area contributed by atoms with E-state index in [0.29, 0.717) is 0 Å². The van der Waals surface area contributed by atoms with Crippen LogP contribution in [0.5, 0.6) is 0 Å². The molecule has 15 heavy (non-hydrogen) atoms. The van der Waals surface area contributed by atoms with Crippen molar-refractivity contribution in [2.75, 3.05) is 7.11 Å². The van der Waals surface area contributed by atoms with Crippen LogP contribution in [0.15, 0.2) is 23.4 Å². The van der Waals surface area contributed by atoms with E-state index in [0.717, 1.165) is 11.1 Å². The largest absolute Gasteiger partial charge is 0.466 e. The number of esters is 1. The molecule has 4 nitrogen and oxygen atoms in total. The Morgan fingerprint density at radius 2 is 2.47 bits per heavy atom. The minimum absolute atomic E-state index is 0.167. The van der Waals surface area contributed by atoms with E-state index in [2.05, 4.69) is 10.2 Å². The number of carbonyl (C=O) groups excluding carboxylic acids is 1. The number of aromatic nitrogens is 2. The van der Waals surface area contributed by atoms with Crippen molar-refractivity contribution >= 4 is 17.7 Å². The number of ether oxygens (including phenoxy) is 1. The summed E-state index contributed by atoms with van der Waals surface area (Å²) < 4.78 is 4.73. The van der Waals surface area contributed by atoms with E-state index < -0.39 is 0 Å². The number of nitrogens with zero attached hydrogens (tertiary/aromatic N) is 1. The monoisotopic (exact) mass is 224 g/mol. The van der Waals surface area contributed by atoms with Crippen LogP contribution in [0.25, 0.3) is 0 Å². The lowest BCUT2D eigenvalue weighted by Gasteiger charge is -2.14. The van der Waals surface area contributed by atoms with Crippen molar-refractivity contribution in [1.82, 2.24) is 10.2 Å². The number of carbonyl (C=O) groups is 1.